The average Bonchev–Trinajstić information content (AvgIpc) is 2.43. The van der Waals surface area contributed by atoms with E-state index >= 15 is 0 Å². The van der Waals surface area contributed by atoms with E-state index in [0.717, 1.165) is 0 Å². The number of aliphatic hydroxyl groups is 1. The molecule has 0 spiro atoms. The van der Waals surface area contributed by atoms with E-state index in [0.29, 0.717) is 11.3 Å². The molecule has 0 fully saturated rings. The van der Waals surface area contributed by atoms with Crippen LogP contribution in [0.3, 0.4) is 0 Å². The van der Waals surface area contributed by atoms with Crippen molar-refractivity contribution in [3.8, 4) is 11.8 Å². The number of nitrogens with one attached hydrogen (secondary N) is 1. The number of benzene rings is 1. The number of carbonyl (C=O) groups is 1. The summed E-state index contributed by atoms with van der Waals surface area (Å²) in [7, 11) is 0. The molecule has 1 rings (SSSR count). The quantitative estimate of drug-likeness (QED) is 0.796. The zero-order valence-electron chi connectivity index (χ0n) is 9.90. The lowest BCUT2D eigenvalue weighted by Crippen LogP contribution is -2.40. The number of hydrogen-bond acceptors (Lipinski definition) is 4. The van der Waals surface area contributed by atoms with Gasteiger partial charge in [0.1, 0.15) is 12.4 Å². The average molecular weight is 270 g/mol. The van der Waals surface area contributed by atoms with Gasteiger partial charge in [-0.15, -0.1) is 0 Å². The van der Waals surface area contributed by atoms with Crippen molar-refractivity contribution in [3.05, 3.63) is 29.8 Å². The Hall–Kier alpha value is -2.20. The Morgan fingerprint density at radius 3 is 2.58 bits per heavy atom. The van der Waals surface area contributed by atoms with Crippen molar-refractivity contribution in [2.45, 2.75) is 5.92 Å². The molecule has 2 N–H and O–H groups in total. The van der Waals surface area contributed by atoms with Gasteiger partial charge >= 0.3 is 0 Å². The Balaban J connectivity index is 2.36. The van der Waals surface area contributed by atoms with Crippen LogP contribution in [0.2, 0.25) is 0 Å². The van der Waals surface area contributed by atoms with Crippen LogP contribution in [0, 0.1) is 11.3 Å². The molecule has 0 aliphatic rings. The lowest BCUT2D eigenvalue weighted by molar-refractivity contribution is -0.126. The number of alkyl halides is 2. The third-order valence-electron chi connectivity index (χ3n) is 2.13. The minimum absolute atomic E-state index is 0.350. The van der Waals surface area contributed by atoms with E-state index in [1.54, 1.807) is 0 Å². The minimum atomic E-state index is -3.34. The molecule has 1 amide bonds. The molecule has 0 aromatic heterocycles. The first-order valence-corrected chi connectivity index (χ1v) is 5.35. The monoisotopic (exact) mass is 270 g/mol. The van der Waals surface area contributed by atoms with E-state index in [1.807, 2.05) is 11.4 Å². The summed E-state index contributed by atoms with van der Waals surface area (Å²) in [5.74, 6) is -3.72. The van der Waals surface area contributed by atoms with Gasteiger partial charge in [-0.3, -0.25) is 4.79 Å². The summed E-state index contributed by atoms with van der Waals surface area (Å²) in [6.07, 6.45) is 0. The van der Waals surface area contributed by atoms with E-state index in [2.05, 4.69) is 0 Å². The number of aliphatic hydroxyl groups excluding tert-OH is 1. The predicted molar refractivity (Wildman–Crippen MR) is 61.7 cm³/mol. The molecule has 0 saturated carbocycles. The Morgan fingerprint density at radius 2 is 2.05 bits per heavy atom. The van der Waals surface area contributed by atoms with E-state index in [-0.39, 0.29) is 0 Å². The van der Waals surface area contributed by atoms with Gasteiger partial charge in [-0.25, -0.2) is 8.78 Å². The fourth-order valence-corrected chi connectivity index (χ4v) is 1.11. The van der Waals surface area contributed by atoms with Gasteiger partial charge in [-0.05, 0) is 24.3 Å². The van der Waals surface area contributed by atoms with Crippen LogP contribution in [0.5, 0.6) is 5.75 Å². The number of nitrogens with zero attached hydrogens (tertiary/aromatic N) is 1. The van der Waals surface area contributed by atoms with E-state index in [9.17, 15) is 13.6 Å². The number of ether oxygens (including phenoxy) is 1. The zero-order valence-corrected chi connectivity index (χ0v) is 9.90. The molecular formula is C12H12F2N2O3. The Morgan fingerprint density at radius 1 is 1.42 bits per heavy atom. The van der Waals surface area contributed by atoms with Crippen molar-refractivity contribution in [1.29, 1.82) is 5.26 Å². The molecule has 5 nitrogen and oxygen atoms in total. The Kier molecular flexibility index (Phi) is 5.21. The van der Waals surface area contributed by atoms with Crippen molar-refractivity contribution in [1.82, 2.24) is 5.32 Å². The van der Waals surface area contributed by atoms with Crippen LogP contribution in [0.15, 0.2) is 24.3 Å². The van der Waals surface area contributed by atoms with Gasteiger partial charge in [-0.1, -0.05) is 0 Å². The van der Waals surface area contributed by atoms with Gasteiger partial charge in [0.2, 0.25) is 0 Å². The summed E-state index contributed by atoms with van der Waals surface area (Å²) in [6.45, 7) is -2.70. The lowest BCUT2D eigenvalue weighted by atomic mass is 10.2. The summed E-state index contributed by atoms with van der Waals surface area (Å²) in [5, 5.41) is 18.8. The normalized spacial score (nSPS) is 10.6. The van der Waals surface area contributed by atoms with Crippen molar-refractivity contribution in [2.75, 3.05) is 19.8 Å². The van der Waals surface area contributed by atoms with Crippen LogP contribution >= 0.6 is 0 Å². The van der Waals surface area contributed by atoms with Crippen molar-refractivity contribution >= 4 is 5.91 Å². The molecule has 0 heterocycles. The van der Waals surface area contributed by atoms with Gasteiger partial charge in [0.05, 0.1) is 18.2 Å². The standard InChI is InChI=1S/C12H12F2N2O3/c13-12(14,8-17)7-16-11(18)6-19-10-3-1-9(5-15)2-4-10/h1-4,17H,6-8H2,(H,16,18). The molecule has 0 aliphatic heterocycles. The molecule has 0 atom stereocenters. The van der Waals surface area contributed by atoms with Crippen molar-refractivity contribution in [3.63, 3.8) is 0 Å². The van der Waals surface area contributed by atoms with Crippen molar-refractivity contribution in [2.24, 2.45) is 0 Å². The van der Waals surface area contributed by atoms with Crippen LogP contribution in [-0.2, 0) is 4.79 Å². The first-order chi connectivity index (χ1) is 8.96. The number of halogens is 2. The number of hydrogen-bond donors (Lipinski definition) is 2. The highest BCUT2D eigenvalue weighted by atomic mass is 19.3. The van der Waals surface area contributed by atoms with Gasteiger partial charge in [0.25, 0.3) is 11.8 Å². The molecular weight excluding hydrogens is 258 g/mol. The Bertz CT molecular complexity index is 469. The molecule has 0 radical (unpaired) electrons. The number of rotatable bonds is 6. The van der Waals surface area contributed by atoms with E-state index in [1.165, 1.54) is 24.3 Å². The SMILES string of the molecule is N#Cc1ccc(OCC(=O)NCC(F)(F)CO)cc1. The zero-order chi connectivity index (χ0) is 14.3. The molecule has 7 heteroatoms. The number of amides is 1. The maximum absolute atomic E-state index is 12.6. The third kappa shape index (κ3) is 5.31. The highest BCUT2D eigenvalue weighted by Gasteiger charge is 2.28. The molecule has 0 bridgehead atoms. The summed E-state index contributed by atoms with van der Waals surface area (Å²) < 4.78 is 30.3. The number of nitriles is 1. The molecule has 102 valence electrons. The summed E-state index contributed by atoms with van der Waals surface area (Å²) in [6, 6.07) is 7.92. The first kappa shape index (κ1) is 14.9. The fraction of sp³-hybridized carbons (Fsp3) is 0.333. The minimum Gasteiger partial charge on any atom is -0.484 e. The van der Waals surface area contributed by atoms with Gasteiger partial charge < -0.3 is 15.2 Å². The third-order valence-corrected chi connectivity index (χ3v) is 2.13. The predicted octanol–water partition coefficient (Wildman–Crippen LogP) is 0.681. The molecule has 1 aromatic carbocycles. The number of carbonyl (C=O) groups excluding carboxylic acids is 1. The molecule has 0 saturated heterocycles. The second-order valence-corrected chi connectivity index (χ2v) is 3.72. The highest BCUT2D eigenvalue weighted by molar-refractivity contribution is 5.77. The molecule has 1 aromatic rings. The van der Waals surface area contributed by atoms with Crippen molar-refractivity contribution < 1.29 is 23.4 Å². The summed E-state index contributed by atoms with van der Waals surface area (Å²) in [5.41, 5.74) is 0.444. The topological polar surface area (TPSA) is 82.3 Å². The second-order valence-electron chi connectivity index (χ2n) is 3.72. The van der Waals surface area contributed by atoms with Gasteiger partial charge in [0.15, 0.2) is 6.61 Å². The maximum atomic E-state index is 12.6. The van der Waals surface area contributed by atoms with E-state index in [4.69, 9.17) is 15.1 Å². The largest absolute Gasteiger partial charge is 0.484 e. The van der Waals surface area contributed by atoms with Crippen LogP contribution in [0.4, 0.5) is 8.78 Å². The van der Waals surface area contributed by atoms with Gasteiger partial charge in [-0.2, -0.15) is 5.26 Å². The molecule has 0 unspecified atom stereocenters. The lowest BCUT2D eigenvalue weighted by Gasteiger charge is -2.14. The summed E-state index contributed by atoms with van der Waals surface area (Å²) in [4.78, 5) is 11.2. The Labute approximate surface area is 108 Å². The van der Waals surface area contributed by atoms with E-state index < -0.39 is 31.6 Å². The highest BCUT2D eigenvalue weighted by Crippen LogP contribution is 2.12. The first-order valence-electron chi connectivity index (χ1n) is 5.35. The second kappa shape index (κ2) is 6.66. The van der Waals surface area contributed by atoms with Crippen LogP contribution in [-0.4, -0.2) is 36.7 Å². The van der Waals surface area contributed by atoms with Crippen LogP contribution in [0.25, 0.3) is 0 Å². The maximum Gasteiger partial charge on any atom is 0.287 e. The smallest absolute Gasteiger partial charge is 0.287 e. The van der Waals surface area contributed by atoms with Gasteiger partial charge in [0, 0.05) is 0 Å². The summed E-state index contributed by atoms with van der Waals surface area (Å²) >= 11 is 0. The van der Waals surface area contributed by atoms with Crippen LogP contribution in [0.1, 0.15) is 5.56 Å². The molecule has 0 aliphatic carbocycles. The van der Waals surface area contributed by atoms with Crippen LogP contribution < -0.4 is 10.1 Å². The fourth-order valence-electron chi connectivity index (χ4n) is 1.11. The molecule has 19 heavy (non-hydrogen) atoms.